The van der Waals surface area contributed by atoms with E-state index in [-0.39, 0.29) is 4.43 Å². The van der Waals surface area contributed by atoms with Crippen LogP contribution in [0.15, 0.2) is 21.9 Å². The summed E-state index contributed by atoms with van der Waals surface area (Å²) in [4.78, 5) is 24.2. The van der Waals surface area contributed by atoms with E-state index in [1.165, 1.54) is 0 Å². The fourth-order valence-electron chi connectivity index (χ4n) is 1.50. The van der Waals surface area contributed by atoms with Crippen molar-refractivity contribution in [2.45, 2.75) is 31.0 Å². The molecule has 0 saturated carbocycles. The summed E-state index contributed by atoms with van der Waals surface area (Å²) in [5, 5.41) is 29.5. The van der Waals surface area contributed by atoms with Crippen LogP contribution in [0.25, 0.3) is 0 Å². The highest BCUT2D eigenvalue weighted by atomic mass is 127. The predicted octanol–water partition coefficient (Wildman–Crippen LogP) is -1.09. The first kappa shape index (κ1) is 16.3. The van der Waals surface area contributed by atoms with Crippen molar-refractivity contribution in [1.29, 1.82) is 0 Å². The van der Waals surface area contributed by atoms with Gasteiger partial charge >= 0.3 is 5.69 Å². The molecular formula is C10H14FIN2O5. The zero-order valence-corrected chi connectivity index (χ0v) is 12.1. The summed E-state index contributed by atoms with van der Waals surface area (Å²) in [7, 11) is 0. The molecule has 0 aromatic carbocycles. The first-order valence-corrected chi connectivity index (χ1v) is 6.84. The van der Waals surface area contributed by atoms with Crippen LogP contribution in [0.5, 0.6) is 0 Å². The second-order valence-electron chi connectivity index (χ2n) is 4.23. The zero-order chi connectivity index (χ0) is 14.8. The third-order valence-corrected chi connectivity index (χ3v) is 3.57. The topological polar surface area (TPSA) is 116 Å². The van der Waals surface area contributed by atoms with Gasteiger partial charge in [-0.3, -0.25) is 14.3 Å². The quantitative estimate of drug-likeness (QED) is 0.378. The molecule has 0 aliphatic carbocycles. The fourth-order valence-corrected chi connectivity index (χ4v) is 1.99. The highest BCUT2D eigenvalue weighted by Gasteiger charge is 2.43. The molecule has 1 aromatic rings. The summed E-state index contributed by atoms with van der Waals surface area (Å²) >= 11 is 1.67. The van der Waals surface area contributed by atoms with Crippen LogP contribution in [0.2, 0.25) is 0 Å². The second kappa shape index (κ2) is 6.11. The molecule has 0 aliphatic heterocycles. The molecule has 19 heavy (non-hydrogen) atoms. The molecule has 0 bridgehead atoms. The number of halogens is 2. The van der Waals surface area contributed by atoms with Gasteiger partial charge in [0.05, 0.1) is 0 Å². The van der Waals surface area contributed by atoms with Gasteiger partial charge in [0.15, 0.2) is 6.23 Å². The molecule has 0 spiro atoms. The van der Waals surface area contributed by atoms with Gasteiger partial charge in [-0.15, -0.1) is 0 Å². The van der Waals surface area contributed by atoms with Crippen molar-refractivity contribution in [2.75, 3.05) is 4.43 Å². The molecule has 0 unspecified atom stereocenters. The Morgan fingerprint density at radius 3 is 2.58 bits per heavy atom. The predicted molar refractivity (Wildman–Crippen MR) is 73.0 cm³/mol. The Kier molecular flexibility index (Phi) is 5.24. The monoisotopic (exact) mass is 388 g/mol. The van der Waals surface area contributed by atoms with Gasteiger partial charge in [0.25, 0.3) is 5.56 Å². The maximum Gasteiger partial charge on any atom is 0.330 e. The number of nitrogens with zero attached hydrogens (tertiary/aromatic N) is 1. The van der Waals surface area contributed by atoms with Crippen LogP contribution < -0.4 is 11.2 Å². The second-order valence-corrected chi connectivity index (χ2v) is 5.11. The maximum atomic E-state index is 13.4. The lowest BCUT2D eigenvalue weighted by molar-refractivity contribution is -0.178. The fraction of sp³-hybridized carbons (Fsp3) is 0.600. The molecule has 1 heterocycles. The van der Waals surface area contributed by atoms with Gasteiger partial charge in [-0.05, 0) is 6.92 Å². The summed E-state index contributed by atoms with van der Waals surface area (Å²) in [5.41, 5.74) is -3.95. The van der Waals surface area contributed by atoms with E-state index in [1.807, 2.05) is 4.98 Å². The molecule has 7 nitrogen and oxygen atoms in total. The van der Waals surface area contributed by atoms with Crippen LogP contribution in [-0.2, 0) is 0 Å². The molecule has 108 valence electrons. The first-order valence-electron chi connectivity index (χ1n) is 5.31. The number of aliphatic hydroxyl groups is 3. The largest absolute Gasteiger partial charge is 0.387 e. The van der Waals surface area contributed by atoms with Gasteiger partial charge in [0, 0.05) is 16.7 Å². The number of aliphatic hydroxyl groups excluding tert-OH is 2. The van der Waals surface area contributed by atoms with E-state index in [1.54, 1.807) is 22.6 Å². The van der Waals surface area contributed by atoms with Crippen molar-refractivity contribution < 1.29 is 19.7 Å². The number of aromatic amines is 1. The van der Waals surface area contributed by atoms with E-state index in [2.05, 4.69) is 0 Å². The van der Waals surface area contributed by atoms with E-state index < -0.39 is 35.4 Å². The van der Waals surface area contributed by atoms with Gasteiger partial charge in [-0.2, -0.15) is 0 Å². The Balaban J connectivity index is 3.13. The number of nitrogens with one attached hydrogen (secondary N) is 1. The van der Waals surface area contributed by atoms with Crippen molar-refractivity contribution in [3.05, 3.63) is 33.1 Å². The number of H-pyrrole nitrogens is 1. The zero-order valence-electron chi connectivity index (χ0n) is 9.96. The van der Waals surface area contributed by atoms with Crippen LogP contribution in [-0.4, -0.2) is 47.2 Å². The Morgan fingerprint density at radius 1 is 1.53 bits per heavy atom. The summed E-state index contributed by atoms with van der Waals surface area (Å²) < 4.78 is 13.9. The smallest absolute Gasteiger partial charge is 0.330 e. The maximum absolute atomic E-state index is 13.4. The average Bonchev–Trinajstić information content (AvgIpc) is 2.36. The van der Waals surface area contributed by atoms with Gasteiger partial charge in [-0.1, -0.05) is 22.6 Å². The number of hydrogen-bond acceptors (Lipinski definition) is 5. The van der Waals surface area contributed by atoms with E-state index in [0.717, 1.165) is 19.2 Å². The summed E-state index contributed by atoms with van der Waals surface area (Å²) in [5.74, 6) is 0. The summed E-state index contributed by atoms with van der Waals surface area (Å²) in [6, 6.07) is 0.957. The summed E-state index contributed by atoms with van der Waals surface area (Å²) in [6.07, 6.45) is -4.63. The van der Waals surface area contributed by atoms with Gasteiger partial charge in [-0.25, -0.2) is 9.18 Å². The SMILES string of the molecule is C[C@@](O)([C@H](O)[C@@H](F)CI)[C@@H](O)n1ccc(=O)[nH]c1=O. The van der Waals surface area contributed by atoms with Crippen molar-refractivity contribution in [3.8, 4) is 0 Å². The Hall–Kier alpha value is -0.780. The average molecular weight is 388 g/mol. The molecular weight excluding hydrogens is 374 g/mol. The van der Waals surface area contributed by atoms with E-state index in [4.69, 9.17) is 0 Å². The van der Waals surface area contributed by atoms with Crippen molar-refractivity contribution in [3.63, 3.8) is 0 Å². The Morgan fingerprint density at radius 2 is 2.11 bits per heavy atom. The van der Waals surface area contributed by atoms with E-state index >= 15 is 0 Å². The first-order chi connectivity index (χ1) is 8.71. The highest BCUT2D eigenvalue weighted by molar-refractivity contribution is 14.1. The molecule has 0 aliphatic rings. The van der Waals surface area contributed by atoms with Gasteiger partial charge in [0.2, 0.25) is 0 Å². The molecule has 9 heteroatoms. The minimum atomic E-state index is -2.30. The van der Waals surface area contributed by atoms with Crippen LogP contribution >= 0.6 is 22.6 Å². The molecule has 4 N–H and O–H groups in total. The molecule has 0 fully saturated rings. The van der Waals surface area contributed by atoms with Crippen molar-refractivity contribution >= 4 is 22.6 Å². The number of rotatable bonds is 5. The minimum Gasteiger partial charge on any atom is -0.387 e. The van der Waals surface area contributed by atoms with Crippen LogP contribution in [0.1, 0.15) is 13.2 Å². The third kappa shape index (κ3) is 3.41. The minimum absolute atomic E-state index is 0.0949. The number of aromatic nitrogens is 2. The van der Waals surface area contributed by atoms with Gasteiger partial charge in [0.1, 0.15) is 17.9 Å². The highest BCUT2D eigenvalue weighted by Crippen LogP contribution is 2.26. The molecule has 4 atom stereocenters. The van der Waals surface area contributed by atoms with E-state index in [9.17, 15) is 29.3 Å². The lowest BCUT2D eigenvalue weighted by Crippen LogP contribution is -2.53. The lowest BCUT2D eigenvalue weighted by Gasteiger charge is -2.35. The van der Waals surface area contributed by atoms with Gasteiger partial charge < -0.3 is 15.3 Å². The van der Waals surface area contributed by atoms with Crippen LogP contribution in [0.4, 0.5) is 4.39 Å². The van der Waals surface area contributed by atoms with Crippen molar-refractivity contribution in [2.24, 2.45) is 0 Å². The van der Waals surface area contributed by atoms with Crippen LogP contribution in [0.3, 0.4) is 0 Å². The third-order valence-electron chi connectivity index (χ3n) is 2.73. The summed E-state index contributed by atoms with van der Waals surface area (Å²) in [6.45, 7) is 0.999. The van der Waals surface area contributed by atoms with Crippen molar-refractivity contribution in [1.82, 2.24) is 9.55 Å². The molecule has 1 rings (SSSR count). The molecule has 0 saturated heterocycles. The van der Waals surface area contributed by atoms with Crippen LogP contribution in [0, 0.1) is 0 Å². The number of alkyl halides is 2. The molecule has 0 radical (unpaired) electrons. The standard InChI is InChI=1S/C10H14FIN2O5/c1-10(19,7(16)5(11)4-12)8(17)14-3-2-6(15)13-9(14)18/h2-3,5,7-8,16-17,19H,4H2,1H3,(H,13,15,18)/t5-,7+,8+,10+/m0/s1. The van der Waals surface area contributed by atoms with E-state index in [0.29, 0.717) is 4.57 Å². The molecule has 1 aromatic heterocycles. The number of hydrogen-bond donors (Lipinski definition) is 4. The lowest BCUT2D eigenvalue weighted by atomic mass is 9.94. The normalized spacial score (nSPS) is 19.5. The Bertz CT molecular complexity index is 543. The molecule has 0 amide bonds. The Labute approximate surface area is 120 Å².